The first kappa shape index (κ1) is 16.6. The molecule has 2 aromatic carbocycles. The van der Waals surface area contributed by atoms with E-state index >= 15 is 0 Å². The average Bonchev–Trinajstić information content (AvgIpc) is 3.20. The van der Waals surface area contributed by atoms with E-state index in [4.69, 9.17) is 9.47 Å². The zero-order chi connectivity index (χ0) is 17.1. The van der Waals surface area contributed by atoms with Gasteiger partial charge in [0.1, 0.15) is 12.5 Å². The molecule has 3 nitrogen and oxygen atoms in total. The molecule has 0 spiro atoms. The van der Waals surface area contributed by atoms with Gasteiger partial charge in [-0.15, -0.1) is 11.8 Å². The quantitative estimate of drug-likeness (QED) is 0.804. The second-order valence-electron chi connectivity index (χ2n) is 6.47. The maximum atomic E-state index is 6.14. The van der Waals surface area contributed by atoms with Gasteiger partial charge in [0, 0.05) is 16.4 Å². The van der Waals surface area contributed by atoms with Gasteiger partial charge in [0.2, 0.25) is 0 Å². The van der Waals surface area contributed by atoms with Crippen molar-refractivity contribution in [3.8, 4) is 11.1 Å². The maximum Gasteiger partial charge on any atom is 0.280 e. The Morgan fingerprint density at radius 1 is 0.960 bits per heavy atom. The molecule has 0 atom stereocenters. The summed E-state index contributed by atoms with van der Waals surface area (Å²) in [6, 6.07) is 17.2. The van der Waals surface area contributed by atoms with Gasteiger partial charge in [0.25, 0.3) is 5.79 Å². The van der Waals surface area contributed by atoms with E-state index in [1.165, 1.54) is 16.0 Å². The normalized spacial score (nSPS) is 19.4. The molecule has 1 saturated heterocycles. The van der Waals surface area contributed by atoms with E-state index in [0.29, 0.717) is 5.92 Å². The van der Waals surface area contributed by atoms with E-state index in [-0.39, 0.29) is 0 Å². The Hall–Kier alpha value is -1.91. The summed E-state index contributed by atoms with van der Waals surface area (Å²) in [4.78, 5) is 1.27. The molecule has 1 fully saturated rings. The van der Waals surface area contributed by atoms with E-state index in [9.17, 15) is 0 Å². The molecule has 0 radical (unpaired) electrons. The van der Waals surface area contributed by atoms with Gasteiger partial charge in [0.05, 0.1) is 0 Å². The van der Waals surface area contributed by atoms with Crippen LogP contribution in [0.25, 0.3) is 11.1 Å². The lowest BCUT2D eigenvalue weighted by molar-refractivity contribution is -0.196. The first-order valence-electron chi connectivity index (χ1n) is 8.79. The Morgan fingerprint density at radius 2 is 1.64 bits per heavy atom. The molecule has 0 bridgehead atoms. The Morgan fingerprint density at radius 3 is 2.32 bits per heavy atom. The molecule has 1 N–H and O–H groups in total. The third kappa shape index (κ3) is 3.05. The molecule has 130 valence electrons. The van der Waals surface area contributed by atoms with Gasteiger partial charge in [0.15, 0.2) is 0 Å². The van der Waals surface area contributed by atoms with Crippen molar-refractivity contribution >= 4 is 11.8 Å². The molecule has 4 heteroatoms. The summed E-state index contributed by atoms with van der Waals surface area (Å²) in [5.74, 6) is -0.382. The zero-order valence-electron chi connectivity index (χ0n) is 14.4. The van der Waals surface area contributed by atoms with Gasteiger partial charge in [-0.25, -0.2) is 0 Å². The van der Waals surface area contributed by atoms with Crippen molar-refractivity contribution in [1.29, 1.82) is 0 Å². The van der Waals surface area contributed by atoms with E-state index in [1.54, 1.807) is 24.3 Å². The Kier molecular flexibility index (Phi) is 4.73. The van der Waals surface area contributed by atoms with E-state index in [1.807, 2.05) is 0 Å². The van der Waals surface area contributed by atoms with Crippen molar-refractivity contribution in [2.24, 2.45) is 5.92 Å². The number of benzene rings is 2. The van der Waals surface area contributed by atoms with Crippen LogP contribution < -0.4 is 5.32 Å². The Bertz CT molecular complexity index is 743. The maximum absolute atomic E-state index is 6.14. The lowest BCUT2D eigenvalue weighted by Crippen LogP contribution is -2.43. The standard InChI is InChI=1S/C21H23NO2S/c1-25-18-8-6-16(7-9-18)19-4-2-3-5-20(19)21(23-14-15-24-21)17-10-12-22-13-11-17/h2-9,14-15,17,22H,10-13H2,1H3. The molecular formula is C21H23NO2S. The number of hydrogen-bond acceptors (Lipinski definition) is 4. The Labute approximate surface area is 153 Å². The van der Waals surface area contributed by atoms with Crippen LogP contribution in [0.15, 0.2) is 66.0 Å². The second-order valence-corrected chi connectivity index (χ2v) is 7.35. The van der Waals surface area contributed by atoms with Crippen molar-refractivity contribution in [3.63, 3.8) is 0 Å². The second kappa shape index (κ2) is 7.14. The summed E-state index contributed by atoms with van der Waals surface area (Å²) in [5.41, 5.74) is 3.49. The van der Waals surface area contributed by atoms with Crippen LogP contribution >= 0.6 is 11.8 Å². The molecule has 2 aliphatic rings. The molecule has 2 aromatic rings. The highest BCUT2D eigenvalue weighted by Crippen LogP contribution is 2.46. The molecule has 25 heavy (non-hydrogen) atoms. The molecule has 0 unspecified atom stereocenters. The van der Waals surface area contributed by atoms with Crippen LogP contribution in [-0.2, 0) is 15.3 Å². The fourth-order valence-electron chi connectivity index (χ4n) is 3.84. The minimum absolute atomic E-state index is 0.329. The average molecular weight is 353 g/mol. The summed E-state index contributed by atoms with van der Waals surface area (Å²) in [6.07, 6.45) is 7.56. The van der Waals surface area contributed by atoms with Crippen molar-refractivity contribution in [1.82, 2.24) is 5.32 Å². The number of hydrogen-bond donors (Lipinski definition) is 1. The highest BCUT2D eigenvalue weighted by Gasteiger charge is 2.47. The van der Waals surface area contributed by atoms with E-state index in [2.05, 4.69) is 60.1 Å². The summed E-state index contributed by atoms with van der Waals surface area (Å²) in [7, 11) is 0. The van der Waals surface area contributed by atoms with Gasteiger partial charge < -0.3 is 14.8 Å². The molecular weight excluding hydrogens is 330 g/mol. The molecule has 2 heterocycles. The van der Waals surface area contributed by atoms with Crippen LogP contribution in [0.2, 0.25) is 0 Å². The van der Waals surface area contributed by atoms with Crippen LogP contribution in [0, 0.1) is 5.92 Å². The Balaban J connectivity index is 1.78. The van der Waals surface area contributed by atoms with Crippen molar-refractivity contribution in [2.45, 2.75) is 23.5 Å². The molecule has 2 aliphatic heterocycles. The minimum Gasteiger partial charge on any atom is -0.452 e. The SMILES string of the molecule is CSc1ccc(-c2ccccc2C2(C3CCNCC3)OC=CO2)cc1. The van der Waals surface area contributed by atoms with Gasteiger partial charge >= 0.3 is 0 Å². The fourth-order valence-corrected chi connectivity index (χ4v) is 4.24. The van der Waals surface area contributed by atoms with E-state index in [0.717, 1.165) is 31.5 Å². The molecule has 0 saturated carbocycles. The summed E-state index contributed by atoms with van der Waals surface area (Å²) in [5, 5.41) is 3.43. The molecule has 0 aliphatic carbocycles. The van der Waals surface area contributed by atoms with Crippen molar-refractivity contribution in [2.75, 3.05) is 19.3 Å². The van der Waals surface area contributed by atoms with Gasteiger partial charge in [-0.05, 0) is 55.4 Å². The number of thioether (sulfide) groups is 1. The van der Waals surface area contributed by atoms with Crippen LogP contribution in [0.3, 0.4) is 0 Å². The lowest BCUT2D eigenvalue weighted by atomic mass is 9.81. The van der Waals surface area contributed by atoms with Crippen LogP contribution in [0.4, 0.5) is 0 Å². The van der Waals surface area contributed by atoms with Crippen LogP contribution in [0.5, 0.6) is 0 Å². The predicted molar refractivity (Wildman–Crippen MR) is 102 cm³/mol. The van der Waals surface area contributed by atoms with Crippen molar-refractivity contribution < 1.29 is 9.47 Å². The number of piperidine rings is 1. The van der Waals surface area contributed by atoms with E-state index < -0.39 is 5.79 Å². The first-order valence-corrected chi connectivity index (χ1v) is 10.0. The third-order valence-corrected chi connectivity index (χ3v) is 5.87. The minimum atomic E-state index is -0.711. The largest absolute Gasteiger partial charge is 0.452 e. The van der Waals surface area contributed by atoms with Crippen LogP contribution in [-0.4, -0.2) is 19.3 Å². The molecule has 0 amide bonds. The zero-order valence-corrected chi connectivity index (χ0v) is 15.2. The first-order chi connectivity index (χ1) is 12.3. The van der Waals surface area contributed by atoms with Gasteiger partial charge in [-0.1, -0.05) is 36.4 Å². The highest BCUT2D eigenvalue weighted by atomic mass is 32.2. The number of nitrogens with one attached hydrogen (secondary N) is 1. The monoisotopic (exact) mass is 353 g/mol. The predicted octanol–water partition coefficient (Wildman–Crippen LogP) is 4.75. The summed E-state index contributed by atoms with van der Waals surface area (Å²) in [6.45, 7) is 2.01. The highest BCUT2D eigenvalue weighted by molar-refractivity contribution is 7.98. The molecule has 0 aromatic heterocycles. The van der Waals surface area contributed by atoms with Crippen molar-refractivity contribution in [3.05, 3.63) is 66.6 Å². The summed E-state index contributed by atoms with van der Waals surface area (Å²) >= 11 is 1.76. The fraction of sp³-hybridized carbons (Fsp3) is 0.333. The topological polar surface area (TPSA) is 30.5 Å². The van der Waals surface area contributed by atoms with Gasteiger partial charge in [-0.2, -0.15) is 0 Å². The smallest absolute Gasteiger partial charge is 0.280 e. The van der Waals surface area contributed by atoms with Gasteiger partial charge in [-0.3, -0.25) is 0 Å². The van der Waals surface area contributed by atoms with Crippen LogP contribution in [0.1, 0.15) is 18.4 Å². The summed E-state index contributed by atoms with van der Waals surface area (Å²) < 4.78 is 12.3. The number of ether oxygens (including phenoxy) is 2. The molecule has 4 rings (SSSR count). The lowest BCUT2D eigenvalue weighted by Gasteiger charge is -2.39. The number of rotatable bonds is 4. The third-order valence-electron chi connectivity index (χ3n) is 5.12.